The maximum absolute atomic E-state index is 4.33. The van der Waals surface area contributed by atoms with Gasteiger partial charge < -0.3 is 10.6 Å². The van der Waals surface area contributed by atoms with Gasteiger partial charge >= 0.3 is 0 Å². The highest BCUT2D eigenvalue weighted by Gasteiger charge is 2.00. The Bertz CT molecular complexity index is 466. The Morgan fingerprint density at radius 2 is 1.88 bits per heavy atom. The van der Waals surface area contributed by atoms with Crippen LogP contribution in [0.25, 0.3) is 0 Å². The van der Waals surface area contributed by atoms with Crippen LogP contribution in [-0.2, 0) is 0 Å². The number of aryl methyl sites for hydroxylation is 1. The van der Waals surface area contributed by atoms with Crippen molar-refractivity contribution < 1.29 is 0 Å². The van der Waals surface area contributed by atoms with Crippen molar-refractivity contribution in [3.05, 3.63) is 48.2 Å². The molecular weight excluding hydrogens is 198 g/mol. The fraction of sp³-hybridized carbons (Fsp3) is 0.154. The third-order valence-electron chi connectivity index (χ3n) is 2.42. The molecule has 1 aromatic carbocycles. The Balaban J connectivity index is 2.22. The zero-order valence-electron chi connectivity index (χ0n) is 9.49. The van der Waals surface area contributed by atoms with Gasteiger partial charge in [0.05, 0.1) is 0 Å². The number of pyridine rings is 1. The van der Waals surface area contributed by atoms with Gasteiger partial charge in [0.2, 0.25) is 0 Å². The van der Waals surface area contributed by atoms with Gasteiger partial charge in [-0.15, -0.1) is 0 Å². The summed E-state index contributed by atoms with van der Waals surface area (Å²) in [5.41, 5.74) is 3.27. The van der Waals surface area contributed by atoms with E-state index in [-0.39, 0.29) is 0 Å². The lowest BCUT2D eigenvalue weighted by Crippen LogP contribution is -1.97. The Kier molecular flexibility index (Phi) is 3.05. The van der Waals surface area contributed by atoms with E-state index in [0.29, 0.717) is 0 Å². The highest BCUT2D eigenvalue weighted by molar-refractivity contribution is 5.62. The van der Waals surface area contributed by atoms with E-state index in [1.54, 1.807) is 0 Å². The topological polar surface area (TPSA) is 37.0 Å². The van der Waals surface area contributed by atoms with Gasteiger partial charge in [-0.05, 0) is 24.6 Å². The van der Waals surface area contributed by atoms with Crippen molar-refractivity contribution in [2.24, 2.45) is 0 Å². The minimum absolute atomic E-state index is 0.848. The Morgan fingerprint density at radius 3 is 2.56 bits per heavy atom. The molecule has 0 unspecified atom stereocenters. The molecule has 0 radical (unpaired) electrons. The molecule has 0 fully saturated rings. The molecule has 0 saturated heterocycles. The van der Waals surface area contributed by atoms with Crippen molar-refractivity contribution in [2.45, 2.75) is 6.92 Å². The van der Waals surface area contributed by atoms with Crippen LogP contribution >= 0.6 is 0 Å². The standard InChI is InChI=1S/C13H15N3/c1-10-9-15-13(8-12(10)14-2)16-11-6-4-3-5-7-11/h3-9H,1-2H3,(H2,14,15,16). The predicted molar refractivity (Wildman–Crippen MR) is 68.2 cm³/mol. The minimum Gasteiger partial charge on any atom is -0.388 e. The first-order valence-electron chi connectivity index (χ1n) is 5.26. The van der Waals surface area contributed by atoms with Gasteiger partial charge in [0.1, 0.15) is 5.82 Å². The van der Waals surface area contributed by atoms with Crippen molar-refractivity contribution in [1.29, 1.82) is 0 Å². The molecule has 0 amide bonds. The smallest absolute Gasteiger partial charge is 0.132 e. The van der Waals surface area contributed by atoms with Gasteiger partial charge in [0.15, 0.2) is 0 Å². The molecule has 0 saturated carbocycles. The molecule has 1 aromatic heterocycles. The van der Waals surface area contributed by atoms with Crippen molar-refractivity contribution in [1.82, 2.24) is 4.98 Å². The number of hydrogen-bond donors (Lipinski definition) is 2. The third-order valence-corrected chi connectivity index (χ3v) is 2.42. The van der Waals surface area contributed by atoms with Crippen LogP contribution in [-0.4, -0.2) is 12.0 Å². The third kappa shape index (κ3) is 2.31. The van der Waals surface area contributed by atoms with Gasteiger partial charge in [0, 0.05) is 30.7 Å². The Morgan fingerprint density at radius 1 is 1.12 bits per heavy atom. The van der Waals surface area contributed by atoms with E-state index in [9.17, 15) is 0 Å². The number of aromatic nitrogens is 1. The monoisotopic (exact) mass is 213 g/mol. The molecule has 16 heavy (non-hydrogen) atoms. The van der Waals surface area contributed by atoms with Crippen LogP contribution in [0.5, 0.6) is 0 Å². The van der Waals surface area contributed by atoms with E-state index in [1.165, 1.54) is 0 Å². The zero-order valence-corrected chi connectivity index (χ0v) is 9.49. The van der Waals surface area contributed by atoms with E-state index >= 15 is 0 Å². The van der Waals surface area contributed by atoms with Crippen LogP contribution in [0.15, 0.2) is 42.6 Å². The maximum Gasteiger partial charge on any atom is 0.132 e. The summed E-state index contributed by atoms with van der Waals surface area (Å²) in [6, 6.07) is 12.0. The number of benzene rings is 1. The quantitative estimate of drug-likeness (QED) is 0.822. The van der Waals surface area contributed by atoms with E-state index in [0.717, 1.165) is 22.8 Å². The summed E-state index contributed by atoms with van der Waals surface area (Å²) >= 11 is 0. The van der Waals surface area contributed by atoms with Crippen LogP contribution in [0.2, 0.25) is 0 Å². The van der Waals surface area contributed by atoms with E-state index in [1.807, 2.05) is 56.6 Å². The first kappa shape index (κ1) is 10.5. The first-order chi connectivity index (χ1) is 7.79. The number of rotatable bonds is 3. The largest absolute Gasteiger partial charge is 0.388 e. The minimum atomic E-state index is 0.848. The fourth-order valence-corrected chi connectivity index (χ4v) is 1.53. The molecule has 3 heteroatoms. The second-order valence-electron chi connectivity index (χ2n) is 3.63. The molecule has 1 heterocycles. The van der Waals surface area contributed by atoms with Crippen molar-refractivity contribution in [3.63, 3.8) is 0 Å². The molecule has 0 aliphatic rings. The summed E-state index contributed by atoms with van der Waals surface area (Å²) in [6.45, 7) is 2.03. The maximum atomic E-state index is 4.33. The van der Waals surface area contributed by atoms with Gasteiger partial charge in [-0.3, -0.25) is 0 Å². The molecule has 2 N–H and O–H groups in total. The molecule has 2 rings (SSSR count). The Labute approximate surface area is 95.5 Å². The van der Waals surface area contributed by atoms with E-state index < -0.39 is 0 Å². The van der Waals surface area contributed by atoms with Crippen LogP contribution in [0.1, 0.15) is 5.56 Å². The van der Waals surface area contributed by atoms with Gasteiger partial charge in [-0.25, -0.2) is 4.98 Å². The van der Waals surface area contributed by atoms with Crippen LogP contribution in [0.3, 0.4) is 0 Å². The average molecular weight is 213 g/mol. The van der Waals surface area contributed by atoms with Crippen molar-refractivity contribution in [2.75, 3.05) is 17.7 Å². The lowest BCUT2D eigenvalue weighted by atomic mass is 10.2. The summed E-state index contributed by atoms with van der Waals surface area (Å²) in [5.74, 6) is 0.848. The number of nitrogens with zero attached hydrogens (tertiary/aromatic N) is 1. The number of hydrogen-bond acceptors (Lipinski definition) is 3. The summed E-state index contributed by atoms with van der Waals surface area (Å²) in [7, 11) is 1.91. The number of anilines is 3. The van der Waals surface area contributed by atoms with Crippen LogP contribution < -0.4 is 10.6 Å². The average Bonchev–Trinajstić information content (AvgIpc) is 2.33. The summed E-state index contributed by atoms with van der Waals surface area (Å²) in [4.78, 5) is 4.33. The first-order valence-corrected chi connectivity index (χ1v) is 5.26. The molecule has 0 aliphatic heterocycles. The zero-order chi connectivity index (χ0) is 11.4. The second-order valence-corrected chi connectivity index (χ2v) is 3.63. The fourth-order valence-electron chi connectivity index (χ4n) is 1.53. The van der Waals surface area contributed by atoms with Gasteiger partial charge in [0.25, 0.3) is 0 Å². The van der Waals surface area contributed by atoms with E-state index in [4.69, 9.17) is 0 Å². The lowest BCUT2D eigenvalue weighted by Gasteiger charge is -2.09. The predicted octanol–water partition coefficient (Wildman–Crippen LogP) is 3.18. The molecule has 0 aliphatic carbocycles. The molecule has 0 atom stereocenters. The molecule has 2 aromatic rings. The molecule has 0 bridgehead atoms. The lowest BCUT2D eigenvalue weighted by molar-refractivity contribution is 1.25. The van der Waals surface area contributed by atoms with Crippen molar-refractivity contribution >= 4 is 17.2 Å². The molecule has 3 nitrogen and oxygen atoms in total. The van der Waals surface area contributed by atoms with Crippen LogP contribution in [0, 0.1) is 6.92 Å². The Hall–Kier alpha value is -2.03. The molecule has 82 valence electrons. The normalized spacial score (nSPS) is 9.88. The van der Waals surface area contributed by atoms with Crippen molar-refractivity contribution in [3.8, 4) is 0 Å². The highest BCUT2D eigenvalue weighted by Crippen LogP contribution is 2.20. The number of para-hydroxylation sites is 1. The second kappa shape index (κ2) is 4.66. The summed E-state index contributed by atoms with van der Waals surface area (Å²) < 4.78 is 0. The summed E-state index contributed by atoms with van der Waals surface area (Å²) in [5, 5.41) is 6.40. The summed E-state index contributed by atoms with van der Waals surface area (Å²) in [6.07, 6.45) is 1.86. The van der Waals surface area contributed by atoms with E-state index in [2.05, 4.69) is 15.6 Å². The van der Waals surface area contributed by atoms with Crippen LogP contribution in [0.4, 0.5) is 17.2 Å². The van der Waals surface area contributed by atoms with Gasteiger partial charge in [-0.1, -0.05) is 18.2 Å². The molecule has 0 spiro atoms. The number of nitrogens with one attached hydrogen (secondary N) is 2. The SMILES string of the molecule is CNc1cc(Nc2ccccc2)ncc1C. The van der Waals surface area contributed by atoms with Gasteiger partial charge in [-0.2, -0.15) is 0 Å². The molecular formula is C13H15N3. The highest BCUT2D eigenvalue weighted by atomic mass is 15.0.